The highest BCUT2D eigenvalue weighted by Crippen LogP contribution is 2.27. The maximum absolute atomic E-state index is 12.2. The third kappa shape index (κ3) is 5.71. The molecule has 6 heteroatoms. The molecule has 2 aromatic rings. The fraction of sp³-hybridized carbons (Fsp3) is 0.435. The van der Waals surface area contributed by atoms with Crippen LogP contribution in [0.4, 0.5) is 10.5 Å². The molecule has 2 atom stereocenters. The van der Waals surface area contributed by atoms with Crippen LogP contribution in [-0.2, 0) is 22.5 Å². The van der Waals surface area contributed by atoms with Crippen molar-refractivity contribution in [2.24, 2.45) is 0 Å². The second kappa shape index (κ2) is 9.76. The van der Waals surface area contributed by atoms with Crippen LogP contribution in [0.15, 0.2) is 48.5 Å². The minimum Gasteiger partial charge on any atom is -0.488 e. The summed E-state index contributed by atoms with van der Waals surface area (Å²) in [4.78, 5) is 12.2. The van der Waals surface area contributed by atoms with Gasteiger partial charge in [-0.15, -0.1) is 0 Å². The monoisotopic (exact) mass is 396 g/mol. The number of rotatable bonds is 7. The predicted octanol–water partition coefficient (Wildman–Crippen LogP) is 3.90. The summed E-state index contributed by atoms with van der Waals surface area (Å²) in [6.45, 7) is 2.42. The highest BCUT2D eigenvalue weighted by atomic mass is 16.5. The number of ether oxygens (including phenoxy) is 3. The smallest absolute Gasteiger partial charge is 0.319 e. The fourth-order valence-electron chi connectivity index (χ4n) is 3.74. The molecular formula is C23H28N2O4. The maximum Gasteiger partial charge on any atom is 0.319 e. The number of para-hydroxylation sites is 1. The topological polar surface area (TPSA) is 68.8 Å². The van der Waals surface area contributed by atoms with Crippen molar-refractivity contribution in [1.29, 1.82) is 0 Å². The lowest BCUT2D eigenvalue weighted by molar-refractivity contribution is -0.0447. The van der Waals surface area contributed by atoms with Crippen LogP contribution in [0.5, 0.6) is 5.75 Å². The first-order valence-electron chi connectivity index (χ1n) is 10.3. The molecule has 2 heterocycles. The maximum atomic E-state index is 12.2. The van der Waals surface area contributed by atoms with Crippen LogP contribution >= 0.6 is 0 Å². The van der Waals surface area contributed by atoms with Crippen molar-refractivity contribution in [3.05, 3.63) is 59.7 Å². The van der Waals surface area contributed by atoms with Gasteiger partial charge in [-0.2, -0.15) is 0 Å². The molecule has 0 aliphatic carbocycles. The van der Waals surface area contributed by atoms with E-state index in [1.807, 2.05) is 42.5 Å². The first-order valence-corrected chi connectivity index (χ1v) is 10.3. The van der Waals surface area contributed by atoms with Crippen molar-refractivity contribution in [2.45, 2.75) is 44.5 Å². The number of carbonyl (C=O) groups is 1. The van der Waals surface area contributed by atoms with Crippen molar-refractivity contribution < 1.29 is 19.0 Å². The SMILES string of the molecule is O=C(NC[C@H]1Cc2ccccc2O1)Nc1cccc(COC[C@H]2CCCCO2)c1. The van der Waals surface area contributed by atoms with Gasteiger partial charge in [-0.3, -0.25) is 0 Å². The Morgan fingerprint density at radius 1 is 1.10 bits per heavy atom. The van der Waals surface area contributed by atoms with Crippen molar-refractivity contribution >= 4 is 11.7 Å². The molecule has 1 saturated heterocycles. The van der Waals surface area contributed by atoms with E-state index >= 15 is 0 Å². The highest BCUT2D eigenvalue weighted by molar-refractivity contribution is 5.89. The van der Waals surface area contributed by atoms with Gasteiger partial charge >= 0.3 is 6.03 Å². The number of amides is 2. The Hall–Kier alpha value is -2.57. The first-order chi connectivity index (χ1) is 14.3. The lowest BCUT2D eigenvalue weighted by atomic mass is 10.1. The lowest BCUT2D eigenvalue weighted by Crippen LogP contribution is -2.37. The van der Waals surface area contributed by atoms with Crippen LogP contribution in [0.3, 0.4) is 0 Å². The third-order valence-electron chi connectivity index (χ3n) is 5.24. The zero-order valence-corrected chi connectivity index (χ0v) is 16.6. The van der Waals surface area contributed by atoms with Crippen molar-refractivity contribution in [3.8, 4) is 5.75 Å². The average molecular weight is 396 g/mol. The molecule has 0 bridgehead atoms. The van der Waals surface area contributed by atoms with Gasteiger partial charge in [-0.05, 0) is 48.6 Å². The van der Waals surface area contributed by atoms with E-state index in [1.54, 1.807) is 0 Å². The van der Waals surface area contributed by atoms with Crippen LogP contribution in [0, 0.1) is 0 Å². The molecule has 0 spiro atoms. The second-order valence-electron chi connectivity index (χ2n) is 7.59. The minimum atomic E-state index is -0.238. The van der Waals surface area contributed by atoms with Crippen LogP contribution in [0.1, 0.15) is 30.4 Å². The molecule has 154 valence electrons. The molecule has 0 aromatic heterocycles. The summed E-state index contributed by atoms with van der Waals surface area (Å²) in [7, 11) is 0. The van der Waals surface area contributed by atoms with E-state index in [0.717, 1.165) is 42.9 Å². The Balaban J connectivity index is 1.19. The lowest BCUT2D eigenvalue weighted by Gasteiger charge is -2.22. The average Bonchev–Trinajstić information content (AvgIpc) is 3.16. The number of benzene rings is 2. The Morgan fingerprint density at radius 2 is 2.03 bits per heavy atom. The minimum absolute atomic E-state index is 0.0279. The zero-order chi connectivity index (χ0) is 19.9. The van der Waals surface area contributed by atoms with E-state index in [0.29, 0.717) is 19.8 Å². The fourth-order valence-corrected chi connectivity index (χ4v) is 3.74. The van der Waals surface area contributed by atoms with E-state index in [4.69, 9.17) is 14.2 Å². The quantitative estimate of drug-likeness (QED) is 0.745. The molecule has 2 amide bonds. The van der Waals surface area contributed by atoms with Gasteiger partial charge in [0, 0.05) is 18.7 Å². The van der Waals surface area contributed by atoms with E-state index in [2.05, 4.69) is 16.7 Å². The molecule has 1 fully saturated rings. The van der Waals surface area contributed by atoms with Gasteiger partial charge in [0.1, 0.15) is 11.9 Å². The van der Waals surface area contributed by atoms with Gasteiger partial charge in [-0.1, -0.05) is 30.3 Å². The standard InChI is InChI=1S/C23H28N2O4/c26-23(24-14-21-13-18-7-1-2-10-22(18)29-21)25-19-8-5-6-17(12-19)15-27-16-20-9-3-4-11-28-20/h1-2,5-8,10,12,20-21H,3-4,9,11,13-16H2,(H2,24,25,26)/t20-,21-/m1/s1. The Morgan fingerprint density at radius 3 is 2.90 bits per heavy atom. The highest BCUT2D eigenvalue weighted by Gasteiger charge is 2.22. The molecule has 2 aliphatic rings. The summed E-state index contributed by atoms with van der Waals surface area (Å²) in [5, 5.41) is 5.77. The van der Waals surface area contributed by atoms with E-state index in [-0.39, 0.29) is 18.2 Å². The van der Waals surface area contributed by atoms with Gasteiger partial charge in [0.25, 0.3) is 0 Å². The summed E-state index contributed by atoms with van der Waals surface area (Å²) in [5.41, 5.74) is 2.95. The summed E-state index contributed by atoms with van der Waals surface area (Å²) < 4.78 is 17.3. The number of urea groups is 1. The number of hydrogen-bond acceptors (Lipinski definition) is 4. The van der Waals surface area contributed by atoms with Crippen LogP contribution in [0.25, 0.3) is 0 Å². The molecule has 6 nitrogen and oxygen atoms in total. The second-order valence-corrected chi connectivity index (χ2v) is 7.59. The van der Waals surface area contributed by atoms with Crippen molar-refractivity contribution in [2.75, 3.05) is 25.1 Å². The Kier molecular flexibility index (Phi) is 6.64. The van der Waals surface area contributed by atoms with Crippen LogP contribution in [-0.4, -0.2) is 38.0 Å². The van der Waals surface area contributed by atoms with Crippen molar-refractivity contribution in [3.63, 3.8) is 0 Å². The van der Waals surface area contributed by atoms with Gasteiger partial charge in [0.2, 0.25) is 0 Å². The summed E-state index contributed by atoms with van der Waals surface area (Å²) in [6.07, 6.45) is 4.41. The number of hydrogen-bond donors (Lipinski definition) is 2. The van der Waals surface area contributed by atoms with Crippen molar-refractivity contribution in [1.82, 2.24) is 5.32 Å². The van der Waals surface area contributed by atoms with Crippen LogP contribution < -0.4 is 15.4 Å². The molecule has 0 unspecified atom stereocenters. The predicted molar refractivity (Wildman–Crippen MR) is 111 cm³/mol. The number of nitrogens with one attached hydrogen (secondary N) is 2. The van der Waals surface area contributed by atoms with Gasteiger partial charge < -0.3 is 24.8 Å². The van der Waals surface area contributed by atoms with E-state index in [1.165, 1.54) is 12.0 Å². The first kappa shape index (κ1) is 19.7. The summed E-state index contributed by atoms with van der Waals surface area (Å²) >= 11 is 0. The molecule has 2 aliphatic heterocycles. The largest absolute Gasteiger partial charge is 0.488 e. The third-order valence-corrected chi connectivity index (χ3v) is 5.24. The normalized spacial score (nSPS) is 20.6. The van der Waals surface area contributed by atoms with E-state index in [9.17, 15) is 4.79 Å². The van der Waals surface area contributed by atoms with Gasteiger partial charge in [-0.25, -0.2) is 4.79 Å². The number of fused-ring (bicyclic) bond motifs is 1. The molecule has 2 aromatic carbocycles. The van der Waals surface area contributed by atoms with Crippen LogP contribution in [0.2, 0.25) is 0 Å². The Labute approximate surface area is 171 Å². The molecule has 0 saturated carbocycles. The van der Waals surface area contributed by atoms with Gasteiger partial charge in [0.15, 0.2) is 0 Å². The zero-order valence-electron chi connectivity index (χ0n) is 16.6. The summed E-state index contributed by atoms with van der Waals surface area (Å²) in [5.74, 6) is 0.908. The molecule has 0 radical (unpaired) electrons. The van der Waals surface area contributed by atoms with E-state index < -0.39 is 0 Å². The number of anilines is 1. The molecule has 2 N–H and O–H groups in total. The number of carbonyl (C=O) groups excluding carboxylic acids is 1. The molecule has 4 rings (SSSR count). The van der Waals surface area contributed by atoms with Gasteiger partial charge in [0.05, 0.1) is 25.9 Å². The Bertz CT molecular complexity index is 795. The molecular weight excluding hydrogens is 368 g/mol. The summed E-state index contributed by atoms with van der Waals surface area (Å²) in [6, 6.07) is 15.5. The molecule has 29 heavy (non-hydrogen) atoms.